The SMILES string of the molecule is C=CC1CC(C=C)C(COc2ccc(-c3nnc(-c4cccc(-c5nnc(-c6ccc(C(C)(C)C)cc6)o5)c4)o3)cc2)C1. The largest absolute Gasteiger partial charge is 0.493 e. The molecule has 0 radical (unpaired) electrons. The maximum Gasteiger partial charge on any atom is 0.248 e. The van der Waals surface area contributed by atoms with E-state index in [9.17, 15) is 0 Å². The first kappa shape index (κ1) is 28.3. The van der Waals surface area contributed by atoms with Crippen molar-refractivity contribution < 1.29 is 13.6 Å². The summed E-state index contributed by atoms with van der Waals surface area (Å²) in [4.78, 5) is 0. The smallest absolute Gasteiger partial charge is 0.248 e. The molecule has 7 heteroatoms. The average molecular weight is 573 g/mol. The van der Waals surface area contributed by atoms with Gasteiger partial charge in [0, 0.05) is 22.3 Å². The number of hydrogen-bond donors (Lipinski definition) is 0. The van der Waals surface area contributed by atoms with E-state index in [1.54, 1.807) is 0 Å². The van der Waals surface area contributed by atoms with Gasteiger partial charge in [-0.25, -0.2) is 0 Å². The molecule has 3 atom stereocenters. The minimum Gasteiger partial charge on any atom is -0.493 e. The quantitative estimate of drug-likeness (QED) is 0.163. The molecule has 3 aromatic carbocycles. The van der Waals surface area contributed by atoms with Crippen molar-refractivity contribution in [3.63, 3.8) is 0 Å². The fourth-order valence-corrected chi connectivity index (χ4v) is 5.58. The number of nitrogens with zero attached hydrogens (tertiary/aromatic N) is 4. The predicted octanol–water partition coefficient (Wildman–Crippen LogP) is 8.81. The molecule has 6 rings (SSSR count). The van der Waals surface area contributed by atoms with Crippen LogP contribution in [0.3, 0.4) is 0 Å². The van der Waals surface area contributed by atoms with Crippen LogP contribution < -0.4 is 4.74 Å². The third-order valence-corrected chi connectivity index (χ3v) is 8.19. The van der Waals surface area contributed by atoms with E-state index in [0.29, 0.717) is 47.9 Å². The monoisotopic (exact) mass is 572 g/mol. The summed E-state index contributed by atoms with van der Waals surface area (Å²) in [6, 6.07) is 23.6. The molecule has 2 aromatic heterocycles. The van der Waals surface area contributed by atoms with Crippen LogP contribution in [0.15, 0.2) is 107 Å². The van der Waals surface area contributed by atoms with Crippen LogP contribution in [0.4, 0.5) is 0 Å². The first-order valence-corrected chi connectivity index (χ1v) is 14.7. The molecule has 0 bridgehead atoms. The van der Waals surface area contributed by atoms with Crippen molar-refractivity contribution in [3.8, 4) is 51.6 Å². The molecule has 0 amide bonds. The molecule has 2 heterocycles. The van der Waals surface area contributed by atoms with E-state index in [0.717, 1.165) is 40.8 Å². The molecule has 0 aliphatic heterocycles. The molecule has 1 saturated carbocycles. The highest BCUT2D eigenvalue weighted by molar-refractivity contribution is 5.66. The van der Waals surface area contributed by atoms with Gasteiger partial charge in [0.1, 0.15) is 5.75 Å². The number of aromatic nitrogens is 4. The van der Waals surface area contributed by atoms with E-state index in [1.165, 1.54) is 5.56 Å². The fourth-order valence-electron chi connectivity index (χ4n) is 5.58. The molecule has 5 aromatic rings. The van der Waals surface area contributed by atoms with Crippen LogP contribution in [0.2, 0.25) is 0 Å². The zero-order valence-electron chi connectivity index (χ0n) is 24.9. The Morgan fingerprint density at radius 1 is 0.721 bits per heavy atom. The number of allylic oxidation sites excluding steroid dienone is 2. The molecule has 3 unspecified atom stereocenters. The molecule has 218 valence electrons. The second kappa shape index (κ2) is 11.8. The maximum absolute atomic E-state index is 6.12. The molecule has 1 fully saturated rings. The summed E-state index contributed by atoms with van der Waals surface area (Å²) in [7, 11) is 0. The lowest BCUT2D eigenvalue weighted by molar-refractivity contribution is 0.230. The molecule has 1 aliphatic carbocycles. The minimum atomic E-state index is 0.0755. The van der Waals surface area contributed by atoms with E-state index in [2.05, 4.69) is 78.6 Å². The summed E-state index contributed by atoms with van der Waals surface area (Å²) in [5.74, 6) is 3.99. The molecule has 43 heavy (non-hydrogen) atoms. The van der Waals surface area contributed by atoms with Crippen LogP contribution in [0.1, 0.15) is 39.2 Å². The number of ether oxygens (including phenoxy) is 1. The summed E-state index contributed by atoms with van der Waals surface area (Å²) >= 11 is 0. The standard InChI is InChI=1S/C36H36N4O3/c1-6-23-19-24(7-2)29(20-23)22-41-31-17-13-26(14-18-31)33-38-40-35(43-33)28-10-8-9-27(21-28)34-39-37-32(42-34)25-11-15-30(16-12-25)36(3,4)5/h6-18,21,23-24,29H,1-2,19-20,22H2,3-5H3. The van der Waals surface area contributed by atoms with E-state index in [4.69, 9.17) is 13.6 Å². The summed E-state index contributed by atoms with van der Waals surface area (Å²) < 4.78 is 18.2. The Kier molecular flexibility index (Phi) is 7.80. The highest BCUT2D eigenvalue weighted by Crippen LogP contribution is 2.38. The highest BCUT2D eigenvalue weighted by Gasteiger charge is 2.31. The Balaban J connectivity index is 1.13. The molecule has 7 nitrogen and oxygen atoms in total. The van der Waals surface area contributed by atoms with Crippen molar-refractivity contribution in [2.24, 2.45) is 17.8 Å². The van der Waals surface area contributed by atoms with Crippen molar-refractivity contribution in [3.05, 3.63) is 104 Å². The second-order valence-electron chi connectivity index (χ2n) is 12.2. The van der Waals surface area contributed by atoms with Crippen LogP contribution in [0.5, 0.6) is 5.75 Å². The number of benzene rings is 3. The molecule has 0 spiro atoms. The van der Waals surface area contributed by atoms with Gasteiger partial charge in [-0.2, -0.15) is 0 Å². The first-order valence-electron chi connectivity index (χ1n) is 14.7. The van der Waals surface area contributed by atoms with Crippen molar-refractivity contribution in [1.29, 1.82) is 0 Å². The van der Waals surface area contributed by atoms with Gasteiger partial charge in [0.2, 0.25) is 23.6 Å². The zero-order valence-corrected chi connectivity index (χ0v) is 24.9. The number of hydrogen-bond acceptors (Lipinski definition) is 7. The Morgan fingerprint density at radius 3 is 1.77 bits per heavy atom. The van der Waals surface area contributed by atoms with Crippen LogP contribution in [-0.4, -0.2) is 27.0 Å². The number of rotatable bonds is 9. The Hall–Kier alpha value is -4.78. The van der Waals surface area contributed by atoms with Crippen molar-refractivity contribution in [1.82, 2.24) is 20.4 Å². The lowest BCUT2D eigenvalue weighted by Gasteiger charge is -2.18. The van der Waals surface area contributed by atoms with Gasteiger partial charge in [-0.05, 0) is 96.2 Å². The molecular weight excluding hydrogens is 536 g/mol. The van der Waals surface area contributed by atoms with E-state index in [1.807, 2.05) is 60.7 Å². The third kappa shape index (κ3) is 6.21. The van der Waals surface area contributed by atoms with E-state index in [-0.39, 0.29) is 5.41 Å². The van der Waals surface area contributed by atoms with Crippen molar-refractivity contribution in [2.75, 3.05) is 6.61 Å². The Bertz CT molecular complexity index is 1710. The van der Waals surface area contributed by atoms with Crippen LogP contribution in [0.25, 0.3) is 45.8 Å². The van der Waals surface area contributed by atoms with Crippen molar-refractivity contribution >= 4 is 0 Å². The predicted molar refractivity (Wildman–Crippen MR) is 168 cm³/mol. The van der Waals surface area contributed by atoms with Gasteiger partial charge in [0.15, 0.2) is 0 Å². The van der Waals surface area contributed by atoms with Gasteiger partial charge in [-0.3, -0.25) is 0 Å². The average Bonchev–Trinajstić information content (AvgIpc) is 3.80. The van der Waals surface area contributed by atoms with Gasteiger partial charge >= 0.3 is 0 Å². The van der Waals surface area contributed by atoms with Crippen LogP contribution in [0, 0.1) is 17.8 Å². The van der Waals surface area contributed by atoms with E-state index >= 15 is 0 Å². The van der Waals surface area contributed by atoms with Crippen LogP contribution in [-0.2, 0) is 5.41 Å². The lowest BCUT2D eigenvalue weighted by Crippen LogP contribution is -2.15. The van der Waals surface area contributed by atoms with Gasteiger partial charge in [-0.1, -0.05) is 51.1 Å². The first-order chi connectivity index (χ1) is 20.8. The summed E-state index contributed by atoms with van der Waals surface area (Å²) in [6.07, 6.45) is 6.29. The molecule has 1 aliphatic rings. The van der Waals surface area contributed by atoms with Gasteiger partial charge in [-0.15, -0.1) is 33.6 Å². The van der Waals surface area contributed by atoms with Gasteiger partial charge in [0.25, 0.3) is 0 Å². The topological polar surface area (TPSA) is 87.1 Å². The highest BCUT2D eigenvalue weighted by atomic mass is 16.5. The van der Waals surface area contributed by atoms with Gasteiger partial charge < -0.3 is 13.6 Å². The normalized spacial score (nSPS) is 18.4. The Labute approximate surface area is 252 Å². The third-order valence-electron chi connectivity index (χ3n) is 8.19. The van der Waals surface area contributed by atoms with Crippen molar-refractivity contribution in [2.45, 2.75) is 39.0 Å². The van der Waals surface area contributed by atoms with E-state index < -0.39 is 0 Å². The fraction of sp³-hybridized carbons (Fsp3) is 0.278. The zero-order chi connectivity index (χ0) is 30.0. The van der Waals surface area contributed by atoms with Crippen LogP contribution >= 0.6 is 0 Å². The second-order valence-corrected chi connectivity index (χ2v) is 12.2. The molecule has 0 N–H and O–H groups in total. The maximum atomic E-state index is 6.12. The van der Waals surface area contributed by atoms with Gasteiger partial charge in [0.05, 0.1) is 6.61 Å². The summed E-state index contributed by atoms with van der Waals surface area (Å²) in [6.45, 7) is 15.2. The molecular formula is C36H36N4O3. The lowest BCUT2D eigenvalue weighted by atomic mass is 9.87. The summed E-state index contributed by atoms with van der Waals surface area (Å²) in [5.41, 5.74) is 4.54. The summed E-state index contributed by atoms with van der Waals surface area (Å²) in [5, 5.41) is 17.1. The minimum absolute atomic E-state index is 0.0755. The Morgan fingerprint density at radius 2 is 1.26 bits per heavy atom. The molecule has 0 saturated heterocycles.